The van der Waals surface area contributed by atoms with Gasteiger partial charge in [0.05, 0.1) is 12.7 Å². The van der Waals surface area contributed by atoms with Crippen LogP contribution in [-0.4, -0.2) is 25.8 Å². The summed E-state index contributed by atoms with van der Waals surface area (Å²) < 4.78 is 5.70. The van der Waals surface area contributed by atoms with Crippen molar-refractivity contribution >= 4 is 0 Å². The van der Waals surface area contributed by atoms with Crippen LogP contribution in [0.2, 0.25) is 0 Å². The van der Waals surface area contributed by atoms with Crippen molar-refractivity contribution in [3.05, 3.63) is 0 Å². The molecule has 1 heterocycles. The fourth-order valence-corrected chi connectivity index (χ4v) is 2.66. The maximum Gasteiger partial charge on any atom is 0.0700 e. The lowest BCUT2D eigenvalue weighted by Gasteiger charge is -2.23. The zero-order chi connectivity index (χ0) is 12.9. The lowest BCUT2D eigenvalue weighted by molar-refractivity contribution is 0.0220. The molecule has 1 aliphatic rings. The zero-order valence-electron chi connectivity index (χ0n) is 12.4. The summed E-state index contributed by atoms with van der Waals surface area (Å²) in [5.74, 6) is 0. The number of ether oxygens (including phenoxy) is 1. The molecule has 0 aromatic carbocycles. The predicted molar refractivity (Wildman–Crippen MR) is 79.1 cm³/mol. The Labute approximate surface area is 114 Å². The molecule has 2 heteroatoms. The predicted octanol–water partition coefficient (Wildman–Crippen LogP) is 4.29. The third kappa shape index (κ3) is 8.93. The van der Waals surface area contributed by atoms with E-state index in [0.717, 1.165) is 19.7 Å². The molecule has 1 atom stereocenters. The summed E-state index contributed by atoms with van der Waals surface area (Å²) in [4.78, 5) is 0. The second-order valence-electron chi connectivity index (χ2n) is 5.67. The number of hydrogen-bond acceptors (Lipinski definition) is 2. The molecule has 0 radical (unpaired) electrons. The molecule has 2 nitrogen and oxygen atoms in total. The van der Waals surface area contributed by atoms with E-state index >= 15 is 0 Å². The van der Waals surface area contributed by atoms with Crippen molar-refractivity contribution in [2.75, 3.05) is 19.7 Å². The fourth-order valence-electron chi connectivity index (χ4n) is 2.66. The van der Waals surface area contributed by atoms with Crippen molar-refractivity contribution in [1.82, 2.24) is 5.32 Å². The summed E-state index contributed by atoms with van der Waals surface area (Å²) in [6.07, 6.45) is 15.9. The Morgan fingerprint density at radius 2 is 1.50 bits per heavy atom. The average Bonchev–Trinajstić information content (AvgIpc) is 2.42. The van der Waals surface area contributed by atoms with E-state index < -0.39 is 0 Å². The molecule has 0 saturated carbocycles. The van der Waals surface area contributed by atoms with Crippen LogP contribution >= 0.6 is 0 Å². The first-order valence-corrected chi connectivity index (χ1v) is 8.26. The monoisotopic (exact) mass is 255 g/mol. The largest absolute Gasteiger partial charge is 0.376 e. The van der Waals surface area contributed by atoms with Gasteiger partial charge in [-0.1, -0.05) is 71.1 Å². The molecule has 1 unspecified atom stereocenters. The van der Waals surface area contributed by atoms with Gasteiger partial charge in [-0.25, -0.2) is 0 Å². The highest BCUT2D eigenvalue weighted by Crippen LogP contribution is 2.13. The Morgan fingerprint density at radius 3 is 2.06 bits per heavy atom. The van der Waals surface area contributed by atoms with E-state index in [0.29, 0.717) is 6.10 Å². The quantitative estimate of drug-likeness (QED) is 0.556. The minimum atomic E-state index is 0.493. The summed E-state index contributed by atoms with van der Waals surface area (Å²) >= 11 is 0. The molecule has 1 fully saturated rings. The Balaban J connectivity index is 1.73. The number of unbranched alkanes of at least 4 members (excludes halogenated alkanes) is 9. The van der Waals surface area contributed by atoms with E-state index in [1.165, 1.54) is 70.6 Å². The molecule has 0 spiro atoms. The molecular weight excluding hydrogens is 222 g/mol. The molecule has 0 aromatic heterocycles. The molecule has 1 rings (SSSR count). The molecule has 0 bridgehead atoms. The van der Waals surface area contributed by atoms with E-state index in [-0.39, 0.29) is 0 Å². The fraction of sp³-hybridized carbons (Fsp3) is 1.00. The van der Waals surface area contributed by atoms with E-state index in [1.54, 1.807) is 0 Å². The second-order valence-corrected chi connectivity index (χ2v) is 5.67. The lowest BCUT2D eigenvalue weighted by atomic mass is 10.0. The van der Waals surface area contributed by atoms with Gasteiger partial charge in [-0.3, -0.25) is 0 Å². The summed E-state index contributed by atoms with van der Waals surface area (Å²) in [5.41, 5.74) is 0. The number of rotatable bonds is 11. The third-order valence-corrected chi connectivity index (χ3v) is 3.88. The highest BCUT2D eigenvalue weighted by Gasteiger charge is 2.11. The smallest absolute Gasteiger partial charge is 0.0700 e. The normalized spacial score (nSPS) is 20.2. The van der Waals surface area contributed by atoms with E-state index in [1.807, 2.05) is 0 Å². The van der Waals surface area contributed by atoms with Crippen molar-refractivity contribution < 1.29 is 4.74 Å². The summed E-state index contributed by atoms with van der Waals surface area (Å²) in [7, 11) is 0. The summed E-state index contributed by atoms with van der Waals surface area (Å²) in [5, 5.41) is 3.40. The lowest BCUT2D eigenvalue weighted by Crippen LogP contribution is -2.38. The van der Waals surface area contributed by atoms with E-state index in [2.05, 4.69) is 12.2 Å². The first-order valence-electron chi connectivity index (χ1n) is 8.26. The van der Waals surface area contributed by atoms with Crippen molar-refractivity contribution in [1.29, 1.82) is 0 Å². The van der Waals surface area contributed by atoms with Gasteiger partial charge in [0, 0.05) is 13.1 Å². The molecular formula is C16H33NO. The molecule has 108 valence electrons. The first kappa shape index (κ1) is 16.0. The summed E-state index contributed by atoms with van der Waals surface area (Å²) in [6.45, 7) is 5.29. The Morgan fingerprint density at radius 1 is 0.889 bits per heavy atom. The SMILES string of the molecule is CCCCCCCCCCCCC1CNCCO1. The topological polar surface area (TPSA) is 21.3 Å². The maximum atomic E-state index is 5.70. The average molecular weight is 255 g/mol. The van der Waals surface area contributed by atoms with E-state index in [9.17, 15) is 0 Å². The van der Waals surface area contributed by atoms with Crippen LogP contribution in [0.3, 0.4) is 0 Å². The van der Waals surface area contributed by atoms with Crippen molar-refractivity contribution in [2.24, 2.45) is 0 Å². The molecule has 1 N–H and O–H groups in total. The van der Waals surface area contributed by atoms with Crippen LogP contribution in [0, 0.1) is 0 Å². The van der Waals surface area contributed by atoms with Gasteiger partial charge >= 0.3 is 0 Å². The van der Waals surface area contributed by atoms with Crippen LogP contribution in [0.15, 0.2) is 0 Å². The Hall–Kier alpha value is -0.0800. The molecule has 1 aliphatic heterocycles. The van der Waals surface area contributed by atoms with Gasteiger partial charge < -0.3 is 10.1 Å². The van der Waals surface area contributed by atoms with Gasteiger partial charge in [-0.15, -0.1) is 0 Å². The first-order chi connectivity index (χ1) is 8.93. The van der Waals surface area contributed by atoms with Crippen LogP contribution in [0.5, 0.6) is 0 Å². The Kier molecular flexibility index (Phi) is 10.6. The number of hydrogen-bond donors (Lipinski definition) is 1. The molecule has 0 aromatic rings. The van der Waals surface area contributed by atoms with Crippen molar-refractivity contribution in [3.63, 3.8) is 0 Å². The van der Waals surface area contributed by atoms with Gasteiger partial charge in [0.2, 0.25) is 0 Å². The van der Waals surface area contributed by atoms with Gasteiger partial charge in [0.1, 0.15) is 0 Å². The van der Waals surface area contributed by atoms with Crippen LogP contribution < -0.4 is 5.32 Å². The van der Waals surface area contributed by atoms with Gasteiger partial charge in [0.25, 0.3) is 0 Å². The molecule has 18 heavy (non-hydrogen) atoms. The zero-order valence-corrected chi connectivity index (χ0v) is 12.4. The number of nitrogens with one attached hydrogen (secondary N) is 1. The maximum absolute atomic E-state index is 5.70. The Bertz CT molecular complexity index is 166. The van der Waals surface area contributed by atoms with Crippen molar-refractivity contribution in [2.45, 2.75) is 83.7 Å². The highest BCUT2D eigenvalue weighted by atomic mass is 16.5. The second kappa shape index (κ2) is 12.0. The minimum Gasteiger partial charge on any atom is -0.376 e. The minimum absolute atomic E-state index is 0.493. The standard InChI is InChI=1S/C16H33NO/c1-2-3-4-5-6-7-8-9-10-11-12-16-15-17-13-14-18-16/h16-17H,2-15H2,1H3. The van der Waals surface area contributed by atoms with Gasteiger partial charge in [-0.05, 0) is 6.42 Å². The van der Waals surface area contributed by atoms with Crippen LogP contribution in [0.4, 0.5) is 0 Å². The van der Waals surface area contributed by atoms with Crippen LogP contribution in [0.1, 0.15) is 77.6 Å². The van der Waals surface area contributed by atoms with Crippen LogP contribution in [-0.2, 0) is 4.74 Å². The van der Waals surface area contributed by atoms with E-state index in [4.69, 9.17) is 4.74 Å². The molecule has 1 saturated heterocycles. The molecule has 0 amide bonds. The summed E-state index contributed by atoms with van der Waals surface area (Å²) in [6, 6.07) is 0. The van der Waals surface area contributed by atoms with Crippen molar-refractivity contribution in [3.8, 4) is 0 Å². The van der Waals surface area contributed by atoms with Gasteiger partial charge in [0.15, 0.2) is 0 Å². The molecule has 0 aliphatic carbocycles. The van der Waals surface area contributed by atoms with Crippen LogP contribution in [0.25, 0.3) is 0 Å². The van der Waals surface area contributed by atoms with Gasteiger partial charge in [-0.2, -0.15) is 0 Å². The third-order valence-electron chi connectivity index (χ3n) is 3.88. The number of morpholine rings is 1. The highest BCUT2D eigenvalue weighted by molar-refractivity contribution is 4.66.